The molecule has 0 radical (unpaired) electrons. The van der Waals surface area contributed by atoms with Gasteiger partial charge in [0.1, 0.15) is 0 Å². The summed E-state index contributed by atoms with van der Waals surface area (Å²) in [4.78, 5) is 24.2. The standard InChI is InChI=1S/C15H15ClN2O2S/c16-8-2-7-14(19)17-11-4-1-5-12(10-11)18-15(20)13-6-3-9-21-13/h1,3-6,9-10H,2,7-8H2,(H,17,19)(H,18,20). The number of hydrogen-bond donors (Lipinski definition) is 2. The molecule has 2 rings (SSSR count). The van der Waals surface area contributed by atoms with Crippen LogP contribution in [-0.2, 0) is 4.79 Å². The lowest BCUT2D eigenvalue weighted by Gasteiger charge is -2.08. The van der Waals surface area contributed by atoms with Crippen molar-refractivity contribution in [2.75, 3.05) is 16.5 Å². The van der Waals surface area contributed by atoms with Crippen molar-refractivity contribution in [3.05, 3.63) is 46.7 Å². The van der Waals surface area contributed by atoms with Crippen LogP contribution in [0.2, 0.25) is 0 Å². The number of amides is 2. The monoisotopic (exact) mass is 322 g/mol. The normalized spacial score (nSPS) is 10.1. The molecule has 0 bridgehead atoms. The lowest BCUT2D eigenvalue weighted by Crippen LogP contribution is -2.13. The molecule has 0 aliphatic heterocycles. The second kappa shape index (κ2) is 7.81. The SMILES string of the molecule is O=C(CCCCl)Nc1cccc(NC(=O)c2cccs2)c1. The molecule has 0 saturated heterocycles. The van der Waals surface area contributed by atoms with Gasteiger partial charge in [-0.25, -0.2) is 0 Å². The molecule has 2 aromatic rings. The zero-order valence-corrected chi connectivity index (χ0v) is 12.8. The molecule has 1 heterocycles. The van der Waals surface area contributed by atoms with Gasteiger partial charge in [-0.05, 0) is 36.1 Å². The van der Waals surface area contributed by atoms with Crippen molar-refractivity contribution < 1.29 is 9.59 Å². The number of hydrogen-bond acceptors (Lipinski definition) is 3. The number of nitrogens with one attached hydrogen (secondary N) is 2. The smallest absolute Gasteiger partial charge is 0.265 e. The molecule has 0 saturated carbocycles. The van der Waals surface area contributed by atoms with Crippen LogP contribution in [-0.4, -0.2) is 17.7 Å². The van der Waals surface area contributed by atoms with E-state index < -0.39 is 0 Å². The molecule has 4 nitrogen and oxygen atoms in total. The van der Waals surface area contributed by atoms with Crippen molar-refractivity contribution in [2.45, 2.75) is 12.8 Å². The Hall–Kier alpha value is -1.85. The summed E-state index contributed by atoms with van der Waals surface area (Å²) < 4.78 is 0. The van der Waals surface area contributed by atoms with Gasteiger partial charge < -0.3 is 10.6 Å². The van der Waals surface area contributed by atoms with E-state index in [-0.39, 0.29) is 11.8 Å². The predicted octanol–water partition coefficient (Wildman–Crippen LogP) is 3.96. The van der Waals surface area contributed by atoms with Crippen LogP contribution in [0.15, 0.2) is 41.8 Å². The third-order valence-corrected chi connectivity index (χ3v) is 3.82. The fourth-order valence-electron chi connectivity index (χ4n) is 1.73. The molecule has 110 valence electrons. The third kappa shape index (κ3) is 4.88. The molecule has 1 aromatic heterocycles. The molecule has 0 aliphatic carbocycles. The summed E-state index contributed by atoms with van der Waals surface area (Å²) >= 11 is 6.93. The first-order chi connectivity index (χ1) is 10.2. The number of thiophene rings is 1. The van der Waals surface area contributed by atoms with E-state index in [4.69, 9.17) is 11.6 Å². The van der Waals surface area contributed by atoms with Crippen LogP contribution >= 0.6 is 22.9 Å². The van der Waals surface area contributed by atoms with E-state index in [0.29, 0.717) is 35.0 Å². The Kier molecular flexibility index (Phi) is 5.78. The number of carbonyl (C=O) groups excluding carboxylic acids is 2. The molecule has 2 N–H and O–H groups in total. The zero-order valence-electron chi connectivity index (χ0n) is 11.3. The summed E-state index contributed by atoms with van der Waals surface area (Å²) in [7, 11) is 0. The summed E-state index contributed by atoms with van der Waals surface area (Å²) in [6.45, 7) is 0. The summed E-state index contributed by atoms with van der Waals surface area (Å²) in [5.41, 5.74) is 1.29. The van der Waals surface area contributed by atoms with E-state index in [2.05, 4.69) is 10.6 Å². The fraction of sp³-hybridized carbons (Fsp3) is 0.200. The van der Waals surface area contributed by atoms with Gasteiger partial charge in [0, 0.05) is 23.7 Å². The van der Waals surface area contributed by atoms with E-state index in [1.807, 2.05) is 11.4 Å². The van der Waals surface area contributed by atoms with Gasteiger partial charge in [-0.2, -0.15) is 0 Å². The van der Waals surface area contributed by atoms with Gasteiger partial charge in [-0.1, -0.05) is 12.1 Å². The highest BCUT2D eigenvalue weighted by Gasteiger charge is 2.08. The number of carbonyl (C=O) groups is 2. The lowest BCUT2D eigenvalue weighted by molar-refractivity contribution is -0.116. The van der Waals surface area contributed by atoms with Gasteiger partial charge in [-0.15, -0.1) is 22.9 Å². The van der Waals surface area contributed by atoms with Crippen molar-refractivity contribution in [3.63, 3.8) is 0 Å². The van der Waals surface area contributed by atoms with E-state index in [1.54, 1.807) is 30.3 Å². The minimum atomic E-state index is -0.157. The Labute approximate surface area is 132 Å². The molecule has 0 fully saturated rings. The Morgan fingerprint density at radius 3 is 2.52 bits per heavy atom. The van der Waals surface area contributed by atoms with Crippen molar-refractivity contribution in [3.8, 4) is 0 Å². The zero-order chi connectivity index (χ0) is 15.1. The van der Waals surface area contributed by atoms with Crippen LogP contribution in [0.5, 0.6) is 0 Å². The second-order valence-corrected chi connectivity index (χ2v) is 5.68. The van der Waals surface area contributed by atoms with Crippen LogP contribution in [0, 0.1) is 0 Å². The minimum absolute atomic E-state index is 0.0858. The topological polar surface area (TPSA) is 58.2 Å². The Balaban J connectivity index is 1.97. The van der Waals surface area contributed by atoms with E-state index in [9.17, 15) is 9.59 Å². The van der Waals surface area contributed by atoms with E-state index in [0.717, 1.165) is 0 Å². The predicted molar refractivity (Wildman–Crippen MR) is 87.3 cm³/mol. The highest BCUT2D eigenvalue weighted by molar-refractivity contribution is 7.12. The number of anilines is 2. The summed E-state index contributed by atoms with van der Waals surface area (Å²) in [5, 5.41) is 7.43. The van der Waals surface area contributed by atoms with Crippen LogP contribution in [0.4, 0.5) is 11.4 Å². The molecule has 1 aromatic carbocycles. The number of alkyl halides is 1. The molecule has 0 spiro atoms. The highest BCUT2D eigenvalue weighted by atomic mass is 35.5. The van der Waals surface area contributed by atoms with Crippen LogP contribution in [0.1, 0.15) is 22.5 Å². The maximum Gasteiger partial charge on any atom is 0.265 e. The number of halogens is 1. The quantitative estimate of drug-likeness (QED) is 0.791. The maximum atomic E-state index is 11.9. The molecule has 0 aliphatic rings. The van der Waals surface area contributed by atoms with Crippen molar-refractivity contribution in [1.29, 1.82) is 0 Å². The molecule has 0 atom stereocenters. The second-order valence-electron chi connectivity index (χ2n) is 4.35. The Morgan fingerprint density at radius 1 is 1.10 bits per heavy atom. The van der Waals surface area contributed by atoms with Crippen LogP contribution in [0.3, 0.4) is 0 Å². The Morgan fingerprint density at radius 2 is 1.86 bits per heavy atom. The molecule has 2 amide bonds. The van der Waals surface area contributed by atoms with Gasteiger partial charge >= 0.3 is 0 Å². The first kappa shape index (κ1) is 15.5. The Bertz CT molecular complexity index is 614. The van der Waals surface area contributed by atoms with Gasteiger partial charge in [0.25, 0.3) is 5.91 Å². The first-order valence-electron chi connectivity index (χ1n) is 6.50. The first-order valence-corrected chi connectivity index (χ1v) is 7.91. The van der Waals surface area contributed by atoms with Gasteiger partial charge in [0.2, 0.25) is 5.91 Å². The van der Waals surface area contributed by atoms with Gasteiger partial charge in [0.05, 0.1) is 4.88 Å². The van der Waals surface area contributed by atoms with Gasteiger partial charge in [-0.3, -0.25) is 9.59 Å². The summed E-state index contributed by atoms with van der Waals surface area (Å²) in [6.07, 6.45) is 1.03. The minimum Gasteiger partial charge on any atom is -0.326 e. The largest absolute Gasteiger partial charge is 0.326 e. The molecular formula is C15H15ClN2O2S. The van der Waals surface area contributed by atoms with E-state index in [1.165, 1.54) is 11.3 Å². The number of benzene rings is 1. The van der Waals surface area contributed by atoms with Crippen molar-refractivity contribution >= 4 is 46.1 Å². The molecule has 0 unspecified atom stereocenters. The fourth-order valence-corrected chi connectivity index (χ4v) is 2.48. The third-order valence-electron chi connectivity index (χ3n) is 2.69. The molecule has 21 heavy (non-hydrogen) atoms. The van der Waals surface area contributed by atoms with E-state index >= 15 is 0 Å². The van der Waals surface area contributed by atoms with Crippen molar-refractivity contribution in [1.82, 2.24) is 0 Å². The van der Waals surface area contributed by atoms with Crippen LogP contribution < -0.4 is 10.6 Å². The number of rotatable bonds is 6. The lowest BCUT2D eigenvalue weighted by atomic mass is 10.2. The van der Waals surface area contributed by atoms with Crippen molar-refractivity contribution in [2.24, 2.45) is 0 Å². The average molecular weight is 323 g/mol. The average Bonchev–Trinajstić information content (AvgIpc) is 3.00. The molecule has 6 heteroatoms. The highest BCUT2D eigenvalue weighted by Crippen LogP contribution is 2.17. The summed E-state index contributed by atoms with van der Waals surface area (Å²) in [6, 6.07) is 10.6. The maximum absolute atomic E-state index is 11.9. The summed E-state index contributed by atoms with van der Waals surface area (Å²) in [5.74, 6) is 0.220. The van der Waals surface area contributed by atoms with Crippen LogP contribution in [0.25, 0.3) is 0 Å². The van der Waals surface area contributed by atoms with Gasteiger partial charge in [0.15, 0.2) is 0 Å². The molecular weight excluding hydrogens is 308 g/mol.